The molecule has 4 heterocycles. The molecule has 176 valence electrons. The predicted octanol–water partition coefficient (Wildman–Crippen LogP) is 0.264. The van der Waals surface area contributed by atoms with Crippen molar-refractivity contribution in [2.45, 2.75) is 32.0 Å². The SMILES string of the molecule is NC(=O)c1ccc(N2CCN(Cc3ccc4c(c3)CN(C3CCC(=O)NC3=O)C4=O)CC2)nc1. The molecule has 1 aromatic heterocycles. The molecule has 2 saturated heterocycles. The van der Waals surface area contributed by atoms with Crippen LogP contribution in [0.25, 0.3) is 0 Å². The number of nitrogens with two attached hydrogens (primary N) is 1. The maximum absolute atomic E-state index is 12.9. The highest BCUT2D eigenvalue weighted by molar-refractivity contribution is 6.05. The molecule has 2 fully saturated rings. The van der Waals surface area contributed by atoms with Gasteiger partial charge in [-0.15, -0.1) is 0 Å². The monoisotopic (exact) mass is 462 g/mol. The minimum atomic E-state index is -0.597. The third kappa shape index (κ3) is 4.24. The molecule has 0 aliphatic carbocycles. The van der Waals surface area contributed by atoms with Gasteiger partial charge in [0.2, 0.25) is 17.7 Å². The normalized spacial score (nSPS) is 20.9. The minimum Gasteiger partial charge on any atom is -0.366 e. The molecule has 0 saturated carbocycles. The first-order chi connectivity index (χ1) is 16.4. The summed E-state index contributed by atoms with van der Waals surface area (Å²) in [6.45, 7) is 4.50. The van der Waals surface area contributed by atoms with Gasteiger partial charge in [-0.3, -0.25) is 29.4 Å². The van der Waals surface area contributed by atoms with Gasteiger partial charge in [0.25, 0.3) is 5.91 Å². The van der Waals surface area contributed by atoms with Crippen LogP contribution in [0.2, 0.25) is 0 Å². The molecule has 3 aliphatic heterocycles. The zero-order chi connectivity index (χ0) is 23.8. The standard InChI is InChI=1S/C24H26N6O4/c25-22(32)16-2-5-20(26-12-16)29-9-7-28(8-10-29)13-15-1-3-18-17(11-15)14-30(24(18)34)19-4-6-21(31)27-23(19)33/h1-3,5,11-12,19H,4,6-10,13-14H2,(H2,25,32)(H,27,31,33). The lowest BCUT2D eigenvalue weighted by atomic mass is 10.0. The van der Waals surface area contributed by atoms with E-state index in [9.17, 15) is 19.2 Å². The van der Waals surface area contributed by atoms with E-state index in [2.05, 4.69) is 26.2 Å². The first-order valence-corrected chi connectivity index (χ1v) is 11.4. The third-order valence-corrected chi connectivity index (χ3v) is 6.72. The Kier molecular flexibility index (Phi) is 5.74. The Balaban J connectivity index is 1.19. The molecule has 2 aromatic rings. The summed E-state index contributed by atoms with van der Waals surface area (Å²) in [7, 11) is 0. The lowest BCUT2D eigenvalue weighted by Crippen LogP contribution is -2.52. The number of anilines is 1. The molecule has 4 amide bonds. The molecule has 0 spiro atoms. The molecule has 3 aliphatic rings. The fraction of sp³-hybridized carbons (Fsp3) is 0.375. The van der Waals surface area contributed by atoms with E-state index < -0.39 is 17.9 Å². The molecule has 5 rings (SSSR count). The van der Waals surface area contributed by atoms with E-state index in [0.717, 1.165) is 49.7 Å². The van der Waals surface area contributed by atoms with E-state index in [1.165, 1.54) is 6.20 Å². The summed E-state index contributed by atoms with van der Waals surface area (Å²) < 4.78 is 0. The quantitative estimate of drug-likeness (QED) is 0.610. The van der Waals surface area contributed by atoms with Gasteiger partial charge in [-0.1, -0.05) is 12.1 Å². The average molecular weight is 463 g/mol. The van der Waals surface area contributed by atoms with Crippen molar-refractivity contribution in [3.05, 3.63) is 58.8 Å². The lowest BCUT2D eigenvalue weighted by Gasteiger charge is -2.35. The number of nitrogens with one attached hydrogen (secondary N) is 1. The summed E-state index contributed by atoms with van der Waals surface area (Å²) in [5.41, 5.74) is 8.35. The molecule has 1 aromatic carbocycles. The lowest BCUT2D eigenvalue weighted by molar-refractivity contribution is -0.136. The summed E-state index contributed by atoms with van der Waals surface area (Å²) in [5, 5.41) is 2.33. The number of imide groups is 1. The summed E-state index contributed by atoms with van der Waals surface area (Å²) in [4.78, 5) is 58.2. The topological polar surface area (TPSA) is 129 Å². The van der Waals surface area contributed by atoms with Crippen molar-refractivity contribution in [2.24, 2.45) is 5.73 Å². The largest absolute Gasteiger partial charge is 0.366 e. The van der Waals surface area contributed by atoms with Crippen LogP contribution in [-0.2, 0) is 22.7 Å². The van der Waals surface area contributed by atoms with Crippen LogP contribution in [0.15, 0.2) is 36.5 Å². The Hall–Kier alpha value is -3.79. The number of rotatable bonds is 5. The molecule has 0 bridgehead atoms. The van der Waals surface area contributed by atoms with Crippen molar-refractivity contribution in [1.29, 1.82) is 0 Å². The number of benzene rings is 1. The van der Waals surface area contributed by atoms with Gasteiger partial charge in [0.15, 0.2) is 0 Å². The highest BCUT2D eigenvalue weighted by Gasteiger charge is 2.39. The molecule has 10 nitrogen and oxygen atoms in total. The number of pyridine rings is 1. The van der Waals surface area contributed by atoms with Gasteiger partial charge in [0.05, 0.1) is 5.56 Å². The Labute approximate surface area is 196 Å². The van der Waals surface area contributed by atoms with Crippen molar-refractivity contribution < 1.29 is 19.2 Å². The van der Waals surface area contributed by atoms with Crippen molar-refractivity contribution in [3.8, 4) is 0 Å². The maximum atomic E-state index is 12.9. The fourth-order valence-corrected chi connectivity index (χ4v) is 4.84. The van der Waals surface area contributed by atoms with E-state index in [4.69, 9.17) is 5.73 Å². The maximum Gasteiger partial charge on any atom is 0.255 e. The van der Waals surface area contributed by atoms with Gasteiger partial charge in [-0.05, 0) is 35.7 Å². The van der Waals surface area contributed by atoms with E-state index in [1.807, 2.05) is 18.2 Å². The number of piperidine rings is 1. The summed E-state index contributed by atoms with van der Waals surface area (Å²) in [5.74, 6) is -0.491. The Morgan fingerprint density at radius 1 is 1.09 bits per heavy atom. The fourth-order valence-electron chi connectivity index (χ4n) is 4.84. The number of primary amides is 1. The number of fused-ring (bicyclic) bond motifs is 1. The zero-order valence-corrected chi connectivity index (χ0v) is 18.7. The van der Waals surface area contributed by atoms with Gasteiger partial charge in [-0.25, -0.2) is 4.98 Å². The van der Waals surface area contributed by atoms with Crippen LogP contribution in [0.5, 0.6) is 0 Å². The number of hydrogen-bond donors (Lipinski definition) is 2. The Morgan fingerprint density at radius 2 is 1.88 bits per heavy atom. The molecular weight excluding hydrogens is 436 g/mol. The number of piperazine rings is 1. The van der Waals surface area contributed by atoms with Gasteiger partial charge >= 0.3 is 0 Å². The van der Waals surface area contributed by atoms with Crippen LogP contribution >= 0.6 is 0 Å². The van der Waals surface area contributed by atoms with E-state index in [0.29, 0.717) is 24.1 Å². The minimum absolute atomic E-state index is 0.153. The van der Waals surface area contributed by atoms with Crippen LogP contribution in [0.3, 0.4) is 0 Å². The Bertz CT molecular complexity index is 1160. The average Bonchev–Trinajstić information content (AvgIpc) is 3.15. The number of carbonyl (C=O) groups is 4. The molecule has 3 N–H and O–H groups in total. The first-order valence-electron chi connectivity index (χ1n) is 11.4. The van der Waals surface area contributed by atoms with Crippen molar-refractivity contribution >= 4 is 29.4 Å². The van der Waals surface area contributed by atoms with Crippen LogP contribution in [0, 0.1) is 0 Å². The highest BCUT2D eigenvalue weighted by atomic mass is 16.2. The van der Waals surface area contributed by atoms with Crippen LogP contribution < -0.4 is 16.0 Å². The van der Waals surface area contributed by atoms with Crippen LogP contribution in [-0.4, -0.2) is 70.6 Å². The molecule has 0 radical (unpaired) electrons. The molecule has 1 unspecified atom stereocenters. The zero-order valence-electron chi connectivity index (χ0n) is 18.7. The van der Waals surface area contributed by atoms with Crippen molar-refractivity contribution in [3.63, 3.8) is 0 Å². The number of carbonyl (C=O) groups excluding carboxylic acids is 4. The highest BCUT2D eigenvalue weighted by Crippen LogP contribution is 2.28. The number of nitrogens with zero attached hydrogens (tertiary/aromatic N) is 4. The molecular formula is C24H26N6O4. The van der Waals surface area contributed by atoms with Gasteiger partial charge in [0.1, 0.15) is 11.9 Å². The summed E-state index contributed by atoms with van der Waals surface area (Å²) >= 11 is 0. The second kappa shape index (κ2) is 8.86. The molecule has 10 heteroatoms. The number of amides is 4. The predicted molar refractivity (Wildman–Crippen MR) is 123 cm³/mol. The van der Waals surface area contributed by atoms with Crippen LogP contribution in [0.4, 0.5) is 5.82 Å². The molecule has 34 heavy (non-hydrogen) atoms. The summed E-state index contributed by atoms with van der Waals surface area (Å²) in [6.07, 6.45) is 2.12. The first kappa shape index (κ1) is 22.0. The van der Waals surface area contributed by atoms with Gasteiger partial charge < -0.3 is 15.5 Å². The second-order valence-electron chi connectivity index (χ2n) is 8.92. The van der Waals surface area contributed by atoms with Crippen LogP contribution in [0.1, 0.15) is 44.7 Å². The number of aromatic nitrogens is 1. The summed E-state index contributed by atoms with van der Waals surface area (Å²) in [6, 6.07) is 8.79. The van der Waals surface area contributed by atoms with E-state index in [1.54, 1.807) is 11.0 Å². The molecule has 1 atom stereocenters. The Morgan fingerprint density at radius 3 is 2.56 bits per heavy atom. The third-order valence-electron chi connectivity index (χ3n) is 6.72. The second-order valence-corrected chi connectivity index (χ2v) is 8.92. The van der Waals surface area contributed by atoms with Crippen molar-refractivity contribution in [2.75, 3.05) is 31.1 Å². The van der Waals surface area contributed by atoms with Crippen molar-refractivity contribution in [1.82, 2.24) is 20.1 Å². The van der Waals surface area contributed by atoms with Gasteiger partial charge in [0, 0.05) is 57.4 Å². The van der Waals surface area contributed by atoms with E-state index in [-0.39, 0.29) is 18.2 Å². The smallest absolute Gasteiger partial charge is 0.255 e. The van der Waals surface area contributed by atoms with Gasteiger partial charge in [-0.2, -0.15) is 0 Å². The van der Waals surface area contributed by atoms with E-state index >= 15 is 0 Å². The number of hydrogen-bond acceptors (Lipinski definition) is 7.